The molecule has 3 rings (SSSR count). The van der Waals surface area contributed by atoms with Gasteiger partial charge >= 0.3 is 0 Å². The van der Waals surface area contributed by atoms with Gasteiger partial charge in [0.1, 0.15) is 0 Å². The highest BCUT2D eigenvalue weighted by atomic mass is 16.3. The van der Waals surface area contributed by atoms with E-state index in [1.807, 2.05) is 0 Å². The Morgan fingerprint density at radius 1 is 1.21 bits per heavy atom. The first-order chi connectivity index (χ1) is 9.16. The highest BCUT2D eigenvalue weighted by molar-refractivity contribution is 5.65. The van der Waals surface area contributed by atoms with Crippen LogP contribution in [0.1, 0.15) is 29.5 Å². The highest BCUT2D eigenvalue weighted by Gasteiger charge is 2.43. The molecule has 19 heavy (non-hydrogen) atoms. The second-order valence-electron chi connectivity index (χ2n) is 6.13. The molecule has 2 N–H and O–H groups in total. The molecule has 2 heterocycles. The van der Waals surface area contributed by atoms with Crippen LogP contribution in [0.4, 0.5) is 5.69 Å². The molecule has 0 bridgehead atoms. The molecule has 1 aromatic carbocycles. The Balaban J connectivity index is 2.06. The summed E-state index contributed by atoms with van der Waals surface area (Å²) in [6.07, 6.45) is 2.43. The summed E-state index contributed by atoms with van der Waals surface area (Å²) in [5.74, 6) is 0. The van der Waals surface area contributed by atoms with Crippen molar-refractivity contribution in [2.75, 3.05) is 37.7 Å². The van der Waals surface area contributed by atoms with Gasteiger partial charge in [-0.25, -0.2) is 0 Å². The topological polar surface area (TPSA) is 35.5 Å². The summed E-state index contributed by atoms with van der Waals surface area (Å²) in [6.45, 7) is 8.68. The van der Waals surface area contributed by atoms with Gasteiger partial charge in [-0.3, -0.25) is 0 Å². The van der Waals surface area contributed by atoms with Crippen molar-refractivity contribution in [2.24, 2.45) is 0 Å². The number of rotatable bonds is 2. The summed E-state index contributed by atoms with van der Waals surface area (Å²) in [7, 11) is 0. The van der Waals surface area contributed by atoms with Gasteiger partial charge in [0.15, 0.2) is 0 Å². The maximum Gasteiger partial charge on any atom is 0.0606 e. The zero-order valence-corrected chi connectivity index (χ0v) is 12.0. The van der Waals surface area contributed by atoms with Crippen molar-refractivity contribution in [1.82, 2.24) is 5.32 Å². The summed E-state index contributed by atoms with van der Waals surface area (Å²) in [6, 6.07) is 4.71. The Kier molecular flexibility index (Phi) is 3.27. The van der Waals surface area contributed by atoms with Crippen LogP contribution in [0.2, 0.25) is 0 Å². The lowest BCUT2D eigenvalue weighted by Crippen LogP contribution is -2.43. The van der Waals surface area contributed by atoms with Crippen molar-refractivity contribution in [2.45, 2.75) is 32.1 Å². The van der Waals surface area contributed by atoms with E-state index in [1.165, 1.54) is 35.2 Å². The smallest absolute Gasteiger partial charge is 0.0606 e. The first-order valence-corrected chi connectivity index (χ1v) is 7.34. The molecule has 1 aromatic rings. The summed E-state index contributed by atoms with van der Waals surface area (Å²) < 4.78 is 0. The predicted octanol–water partition coefficient (Wildman–Crippen LogP) is 1.74. The van der Waals surface area contributed by atoms with Crippen LogP contribution in [0.25, 0.3) is 0 Å². The fourth-order valence-electron chi connectivity index (χ4n) is 3.68. The van der Waals surface area contributed by atoms with E-state index in [2.05, 4.69) is 36.2 Å². The number of piperidine rings is 1. The number of nitrogens with zero attached hydrogens (tertiary/aromatic N) is 1. The molecule has 3 nitrogen and oxygen atoms in total. The lowest BCUT2D eigenvalue weighted by molar-refractivity contribution is 0.290. The number of β-amino-alcohol motifs (C(OH)–C–C–N with tert-alkyl or cyclic N) is 1. The van der Waals surface area contributed by atoms with E-state index in [9.17, 15) is 5.11 Å². The monoisotopic (exact) mass is 260 g/mol. The number of fused-ring (bicyclic) bond motifs is 2. The molecule has 1 fully saturated rings. The Morgan fingerprint density at radius 3 is 2.58 bits per heavy atom. The Labute approximate surface area is 115 Å². The van der Waals surface area contributed by atoms with Gasteiger partial charge in [-0.1, -0.05) is 6.07 Å². The number of nitrogens with one attached hydrogen (secondary N) is 1. The molecule has 0 saturated carbocycles. The van der Waals surface area contributed by atoms with E-state index in [4.69, 9.17) is 0 Å². The zero-order valence-electron chi connectivity index (χ0n) is 12.0. The minimum atomic E-state index is 0.237. The molecule has 1 saturated heterocycles. The molecule has 2 aliphatic rings. The molecule has 2 aliphatic heterocycles. The van der Waals surface area contributed by atoms with Crippen LogP contribution in [0.3, 0.4) is 0 Å². The molecule has 104 valence electrons. The van der Waals surface area contributed by atoms with E-state index in [0.717, 1.165) is 26.2 Å². The fraction of sp³-hybridized carbons (Fsp3) is 0.625. The minimum Gasteiger partial charge on any atom is -0.395 e. The molecule has 0 amide bonds. The summed E-state index contributed by atoms with van der Waals surface area (Å²) >= 11 is 0. The van der Waals surface area contributed by atoms with E-state index >= 15 is 0 Å². The molecule has 0 aliphatic carbocycles. The van der Waals surface area contributed by atoms with Crippen LogP contribution in [0, 0.1) is 13.8 Å². The second-order valence-corrected chi connectivity index (χ2v) is 6.13. The number of anilines is 1. The third-order valence-electron chi connectivity index (χ3n) is 4.95. The third kappa shape index (κ3) is 2.05. The summed E-state index contributed by atoms with van der Waals surface area (Å²) in [4.78, 5) is 2.38. The van der Waals surface area contributed by atoms with Gasteiger partial charge in [-0.15, -0.1) is 0 Å². The van der Waals surface area contributed by atoms with Gasteiger partial charge in [-0.2, -0.15) is 0 Å². The van der Waals surface area contributed by atoms with Crippen LogP contribution < -0.4 is 10.2 Å². The quantitative estimate of drug-likeness (QED) is 0.850. The number of hydrogen-bond donors (Lipinski definition) is 2. The maximum absolute atomic E-state index is 9.31. The van der Waals surface area contributed by atoms with Gasteiger partial charge in [-0.05, 0) is 62.5 Å². The van der Waals surface area contributed by atoms with E-state index < -0.39 is 0 Å². The Morgan fingerprint density at radius 2 is 1.89 bits per heavy atom. The molecule has 3 heteroatoms. The van der Waals surface area contributed by atoms with E-state index in [0.29, 0.717) is 5.41 Å². The van der Waals surface area contributed by atoms with Gasteiger partial charge in [0.25, 0.3) is 0 Å². The lowest BCUT2D eigenvalue weighted by Gasteiger charge is -2.35. The summed E-state index contributed by atoms with van der Waals surface area (Å²) in [5.41, 5.74) is 5.94. The summed E-state index contributed by atoms with van der Waals surface area (Å²) in [5, 5.41) is 12.8. The van der Waals surface area contributed by atoms with Crippen molar-refractivity contribution in [3.8, 4) is 0 Å². The van der Waals surface area contributed by atoms with Gasteiger partial charge in [0.05, 0.1) is 6.61 Å². The van der Waals surface area contributed by atoms with Crippen molar-refractivity contribution >= 4 is 5.69 Å². The predicted molar refractivity (Wildman–Crippen MR) is 79.0 cm³/mol. The van der Waals surface area contributed by atoms with Crippen LogP contribution >= 0.6 is 0 Å². The number of aryl methyl sites for hydroxylation is 2. The van der Waals surface area contributed by atoms with Gasteiger partial charge in [0.2, 0.25) is 0 Å². The van der Waals surface area contributed by atoms with Crippen LogP contribution in [-0.2, 0) is 5.41 Å². The number of aliphatic hydroxyl groups excluding tert-OH is 1. The molecule has 0 radical (unpaired) electrons. The maximum atomic E-state index is 9.31. The standard InChI is InChI=1S/C16H24N2O/c1-12-9-14-15(10-13(12)2)18(7-8-19)11-16(14)3-5-17-6-4-16/h9-10,17,19H,3-8,11H2,1-2H3. The second kappa shape index (κ2) is 4.80. The van der Waals surface area contributed by atoms with Crippen molar-refractivity contribution in [1.29, 1.82) is 0 Å². The SMILES string of the molecule is Cc1cc2c(cc1C)C1(CCNCC1)CN2CCO. The average Bonchev–Trinajstić information content (AvgIpc) is 2.66. The normalized spacial score (nSPS) is 20.9. The molecule has 0 aromatic heterocycles. The molecule has 0 unspecified atom stereocenters. The molecule has 1 spiro atoms. The van der Waals surface area contributed by atoms with Crippen molar-refractivity contribution in [3.63, 3.8) is 0 Å². The van der Waals surface area contributed by atoms with Gasteiger partial charge < -0.3 is 15.3 Å². The zero-order chi connectivity index (χ0) is 13.5. The molecule has 0 atom stereocenters. The number of benzene rings is 1. The minimum absolute atomic E-state index is 0.237. The van der Waals surface area contributed by atoms with Crippen LogP contribution in [0.15, 0.2) is 12.1 Å². The van der Waals surface area contributed by atoms with Crippen molar-refractivity contribution < 1.29 is 5.11 Å². The van der Waals surface area contributed by atoms with Crippen molar-refractivity contribution in [3.05, 3.63) is 28.8 Å². The van der Waals surface area contributed by atoms with Gasteiger partial charge in [0, 0.05) is 24.2 Å². The first kappa shape index (κ1) is 12.9. The van der Waals surface area contributed by atoms with Crippen LogP contribution in [-0.4, -0.2) is 37.9 Å². The molecular formula is C16H24N2O. The number of aliphatic hydroxyl groups is 1. The highest BCUT2D eigenvalue weighted by Crippen LogP contribution is 2.46. The Bertz CT molecular complexity index is 478. The lowest BCUT2D eigenvalue weighted by atomic mass is 9.74. The first-order valence-electron chi connectivity index (χ1n) is 7.34. The van der Waals surface area contributed by atoms with Crippen LogP contribution in [0.5, 0.6) is 0 Å². The fourth-order valence-corrected chi connectivity index (χ4v) is 3.68. The van der Waals surface area contributed by atoms with E-state index in [1.54, 1.807) is 0 Å². The third-order valence-corrected chi connectivity index (χ3v) is 4.95. The average molecular weight is 260 g/mol. The van der Waals surface area contributed by atoms with E-state index in [-0.39, 0.29) is 6.61 Å². The Hall–Kier alpha value is -1.06. The number of hydrogen-bond acceptors (Lipinski definition) is 3. The largest absolute Gasteiger partial charge is 0.395 e. The molecular weight excluding hydrogens is 236 g/mol.